The zero-order valence-electron chi connectivity index (χ0n) is 8.28. The van der Waals surface area contributed by atoms with E-state index in [2.05, 4.69) is 9.84 Å². The van der Waals surface area contributed by atoms with Crippen molar-refractivity contribution in [1.29, 1.82) is 0 Å². The lowest BCUT2D eigenvalue weighted by Crippen LogP contribution is -2.17. The molecule has 0 saturated heterocycles. The van der Waals surface area contributed by atoms with Gasteiger partial charge in [0.1, 0.15) is 10.9 Å². The molecule has 0 aliphatic heterocycles. The van der Waals surface area contributed by atoms with Gasteiger partial charge in [0.25, 0.3) is 0 Å². The molecule has 2 aromatic rings. The average molecular weight is 263 g/mol. The standard InChI is InChI=1S/C10H6ClF3N2O/c11-9-4-5-15-16(9)7-2-1-3-8(6-7)17-10(12,13)14/h1-6H. The SMILES string of the molecule is FC(F)(F)Oc1cccc(-n2nccc2Cl)c1. The van der Waals surface area contributed by atoms with Gasteiger partial charge in [-0.15, -0.1) is 13.2 Å². The largest absolute Gasteiger partial charge is 0.573 e. The van der Waals surface area contributed by atoms with Crippen molar-refractivity contribution in [3.63, 3.8) is 0 Å². The lowest BCUT2D eigenvalue weighted by molar-refractivity contribution is -0.274. The third kappa shape index (κ3) is 2.91. The molecule has 0 bridgehead atoms. The molecule has 0 atom stereocenters. The van der Waals surface area contributed by atoms with Crippen LogP contribution in [0.15, 0.2) is 36.5 Å². The molecule has 17 heavy (non-hydrogen) atoms. The molecule has 1 aromatic carbocycles. The van der Waals surface area contributed by atoms with E-state index in [0.29, 0.717) is 10.8 Å². The van der Waals surface area contributed by atoms with Crippen molar-refractivity contribution in [2.24, 2.45) is 0 Å². The Morgan fingerprint density at radius 2 is 2.00 bits per heavy atom. The first kappa shape index (κ1) is 11.8. The van der Waals surface area contributed by atoms with E-state index in [1.54, 1.807) is 6.07 Å². The topological polar surface area (TPSA) is 27.1 Å². The molecular weight excluding hydrogens is 257 g/mol. The van der Waals surface area contributed by atoms with Crippen LogP contribution in [0.4, 0.5) is 13.2 Å². The number of ether oxygens (including phenoxy) is 1. The van der Waals surface area contributed by atoms with Gasteiger partial charge in [0.15, 0.2) is 0 Å². The summed E-state index contributed by atoms with van der Waals surface area (Å²) in [5.74, 6) is -0.318. The van der Waals surface area contributed by atoms with Crippen molar-refractivity contribution >= 4 is 11.6 Å². The second kappa shape index (κ2) is 4.29. The second-order valence-corrected chi connectivity index (χ2v) is 3.50. The van der Waals surface area contributed by atoms with Crippen LogP contribution >= 0.6 is 11.6 Å². The van der Waals surface area contributed by atoms with Gasteiger partial charge in [-0.05, 0) is 18.2 Å². The van der Waals surface area contributed by atoms with E-state index in [-0.39, 0.29) is 5.75 Å². The molecule has 0 aliphatic carbocycles. The average Bonchev–Trinajstić information content (AvgIpc) is 2.62. The van der Waals surface area contributed by atoms with Crippen LogP contribution in [0.5, 0.6) is 5.75 Å². The van der Waals surface area contributed by atoms with Gasteiger partial charge in [-0.25, -0.2) is 4.68 Å². The minimum absolute atomic E-state index is 0.300. The van der Waals surface area contributed by atoms with Crippen molar-refractivity contribution in [1.82, 2.24) is 9.78 Å². The van der Waals surface area contributed by atoms with Crippen LogP contribution in [0.1, 0.15) is 0 Å². The van der Waals surface area contributed by atoms with Gasteiger partial charge < -0.3 is 4.74 Å². The molecule has 0 unspecified atom stereocenters. The first-order valence-corrected chi connectivity index (χ1v) is 4.89. The number of nitrogens with zero attached hydrogens (tertiary/aromatic N) is 2. The molecule has 1 aromatic heterocycles. The van der Waals surface area contributed by atoms with E-state index < -0.39 is 6.36 Å². The fraction of sp³-hybridized carbons (Fsp3) is 0.100. The maximum absolute atomic E-state index is 12.0. The fourth-order valence-corrected chi connectivity index (χ4v) is 1.49. The molecule has 0 aliphatic rings. The Kier molecular flexibility index (Phi) is 2.97. The Hall–Kier alpha value is -1.69. The number of aromatic nitrogens is 2. The van der Waals surface area contributed by atoms with E-state index in [1.807, 2.05) is 0 Å². The van der Waals surface area contributed by atoms with Crippen LogP contribution < -0.4 is 4.74 Å². The normalized spacial score (nSPS) is 11.5. The molecule has 0 radical (unpaired) electrons. The summed E-state index contributed by atoms with van der Waals surface area (Å²) in [4.78, 5) is 0. The second-order valence-electron chi connectivity index (χ2n) is 3.11. The smallest absolute Gasteiger partial charge is 0.406 e. The molecule has 0 spiro atoms. The van der Waals surface area contributed by atoms with Crippen molar-refractivity contribution in [2.45, 2.75) is 6.36 Å². The van der Waals surface area contributed by atoms with Crippen molar-refractivity contribution in [2.75, 3.05) is 0 Å². The van der Waals surface area contributed by atoms with Crippen LogP contribution in [-0.4, -0.2) is 16.1 Å². The fourth-order valence-electron chi connectivity index (χ4n) is 1.29. The minimum atomic E-state index is -4.72. The van der Waals surface area contributed by atoms with Crippen molar-refractivity contribution in [3.05, 3.63) is 41.7 Å². The number of rotatable bonds is 2. The number of benzene rings is 1. The molecule has 3 nitrogen and oxygen atoms in total. The summed E-state index contributed by atoms with van der Waals surface area (Å²) in [6.07, 6.45) is -3.27. The Labute approximate surface area is 99.4 Å². The zero-order valence-corrected chi connectivity index (χ0v) is 9.03. The van der Waals surface area contributed by atoms with Gasteiger partial charge in [0.2, 0.25) is 0 Å². The van der Waals surface area contributed by atoms with Crippen LogP contribution in [0.2, 0.25) is 5.15 Å². The third-order valence-electron chi connectivity index (χ3n) is 1.89. The highest BCUT2D eigenvalue weighted by molar-refractivity contribution is 6.29. The van der Waals surface area contributed by atoms with Gasteiger partial charge in [0.05, 0.1) is 11.9 Å². The zero-order chi connectivity index (χ0) is 12.5. The minimum Gasteiger partial charge on any atom is -0.406 e. The van der Waals surface area contributed by atoms with Gasteiger partial charge in [-0.3, -0.25) is 0 Å². The molecule has 7 heteroatoms. The first-order valence-electron chi connectivity index (χ1n) is 4.51. The molecule has 90 valence electrons. The van der Waals surface area contributed by atoms with Gasteiger partial charge in [0, 0.05) is 6.07 Å². The summed E-state index contributed by atoms with van der Waals surface area (Å²) < 4.78 is 41.2. The Morgan fingerprint density at radius 1 is 1.24 bits per heavy atom. The molecule has 2 rings (SSSR count). The molecular formula is C10H6ClF3N2O. The molecule has 0 fully saturated rings. The summed E-state index contributed by atoms with van der Waals surface area (Å²) in [6, 6.07) is 6.93. The highest BCUT2D eigenvalue weighted by Crippen LogP contribution is 2.25. The maximum atomic E-state index is 12.0. The molecule has 0 amide bonds. The molecule has 1 heterocycles. The first-order chi connectivity index (χ1) is 7.96. The highest BCUT2D eigenvalue weighted by atomic mass is 35.5. The van der Waals surface area contributed by atoms with Gasteiger partial charge in [-0.1, -0.05) is 17.7 Å². The van der Waals surface area contributed by atoms with E-state index in [0.717, 1.165) is 0 Å². The third-order valence-corrected chi connectivity index (χ3v) is 2.18. The number of hydrogen-bond donors (Lipinski definition) is 0. The predicted octanol–water partition coefficient (Wildman–Crippen LogP) is 3.42. The van der Waals surface area contributed by atoms with Gasteiger partial charge in [-0.2, -0.15) is 5.10 Å². The van der Waals surface area contributed by atoms with Crippen molar-refractivity contribution < 1.29 is 17.9 Å². The quantitative estimate of drug-likeness (QED) is 0.829. The summed E-state index contributed by atoms with van der Waals surface area (Å²) in [5, 5.41) is 4.17. The summed E-state index contributed by atoms with van der Waals surface area (Å²) in [7, 11) is 0. The van der Waals surface area contributed by atoms with Crippen molar-refractivity contribution in [3.8, 4) is 11.4 Å². The summed E-state index contributed by atoms with van der Waals surface area (Å²) >= 11 is 5.80. The van der Waals surface area contributed by atoms with Gasteiger partial charge >= 0.3 is 6.36 Å². The molecule has 0 N–H and O–H groups in total. The maximum Gasteiger partial charge on any atom is 0.573 e. The van der Waals surface area contributed by atoms with E-state index in [4.69, 9.17) is 11.6 Å². The Bertz CT molecular complexity index is 524. The number of alkyl halides is 3. The molecule has 0 saturated carbocycles. The highest BCUT2D eigenvalue weighted by Gasteiger charge is 2.31. The lowest BCUT2D eigenvalue weighted by atomic mass is 10.3. The summed E-state index contributed by atoms with van der Waals surface area (Å²) in [5.41, 5.74) is 0.391. The van der Waals surface area contributed by atoms with Crippen LogP contribution in [-0.2, 0) is 0 Å². The van der Waals surface area contributed by atoms with Crippen LogP contribution in [0.3, 0.4) is 0 Å². The number of hydrogen-bond acceptors (Lipinski definition) is 2. The monoisotopic (exact) mass is 262 g/mol. The Balaban J connectivity index is 2.32. The lowest BCUT2D eigenvalue weighted by Gasteiger charge is -2.10. The predicted molar refractivity (Wildman–Crippen MR) is 55.3 cm³/mol. The van der Waals surface area contributed by atoms with E-state index in [1.165, 1.54) is 35.1 Å². The Morgan fingerprint density at radius 3 is 2.59 bits per heavy atom. The van der Waals surface area contributed by atoms with E-state index in [9.17, 15) is 13.2 Å². The van der Waals surface area contributed by atoms with Crippen LogP contribution in [0.25, 0.3) is 5.69 Å². The summed E-state index contributed by atoms with van der Waals surface area (Å²) in [6.45, 7) is 0. The number of halogens is 4. The van der Waals surface area contributed by atoms with E-state index >= 15 is 0 Å². The van der Waals surface area contributed by atoms with Crippen LogP contribution in [0, 0.1) is 0 Å².